The molecule has 4 rings (SSSR count). The second kappa shape index (κ2) is 8.08. The van der Waals surface area contributed by atoms with E-state index in [1.54, 1.807) is 45.1 Å². The van der Waals surface area contributed by atoms with Gasteiger partial charge in [-0.3, -0.25) is 9.36 Å². The molecule has 0 aromatic carbocycles. The summed E-state index contributed by atoms with van der Waals surface area (Å²) in [6.45, 7) is 5.12. The van der Waals surface area contributed by atoms with E-state index in [0.29, 0.717) is 6.54 Å². The summed E-state index contributed by atoms with van der Waals surface area (Å²) in [7, 11) is 0. The molecule has 0 amide bonds. The Morgan fingerprint density at radius 3 is 3.08 bits per heavy atom. The molecule has 1 saturated heterocycles. The molecule has 0 bridgehead atoms. The van der Waals surface area contributed by atoms with Crippen molar-refractivity contribution in [3.63, 3.8) is 0 Å². The van der Waals surface area contributed by atoms with Gasteiger partial charge in [0.05, 0.1) is 11.5 Å². The molecule has 0 saturated carbocycles. The van der Waals surface area contributed by atoms with Crippen LogP contribution in [0.1, 0.15) is 19.3 Å². The average Bonchev–Trinajstić information content (AvgIpc) is 3.33. The van der Waals surface area contributed by atoms with Crippen molar-refractivity contribution in [2.75, 3.05) is 12.4 Å². The summed E-state index contributed by atoms with van der Waals surface area (Å²) in [6, 6.07) is 4.06. The van der Waals surface area contributed by atoms with Crippen molar-refractivity contribution < 1.29 is 4.74 Å². The van der Waals surface area contributed by atoms with E-state index in [4.69, 9.17) is 9.72 Å². The number of rotatable bonds is 6. The van der Waals surface area contributed by atoms with E-state index >= 15 is 0 Å². The molecule has 0 aliphatic carbocycles. The molecule has 1 aliphatic rings. The number of nitrogens with zero attached hydrogens (tertiary/aromatic N) is 2. The van der Waals surface area contributed by atoms with Crippen molar-refractivity contribution in [2.45, 2.75) is 37.1 Å². The summed E-state index contributed by atoms with van der Waals surface area (Å²) in [5.74, 6) is 0.832. The summed E-state index contributed by atoms with van der Waals surface area (Å²) in [4.78, 5) is 19.9. The number of aromatic nitrogens is 2. The van der Waals surface area contributed by atoms with Crippen molar-refractivity contribution in [3.05, 3.63) is 45.9 Å². The molecule has 1 fully saturated rings. The third kappa shape index (κ3) is 3.53. The summed E-state index contributed by atoms with van der Waals surface area (Å²) >= 11 is 4.80. The minimum absolute atomic E-state index is 0.0200. The van der Waals surface area contributed by atoms with Crippen LogP contribution in [0.25, 0.3) is 20.7 Å². The lowest BCUT2D eigenvalue weighted by atomic mass is 10.1. The molecule has 1 atom stereocenters. The highest BCUT2D eigenvalue weighted by Crippen LogP contribution is 2.34. The first kappa shape index (κ1) is 18.0. The number of allylic oxidation sites excluding steroid dienone is 1. The van der Waals surface area contributed by atoms with Crippen LogP contribution in [0, 0.1) is 0 Å². The lowest BCUT2D eigenvalue weighted by Crippen LogP contribution is -2.25. The quantitative estimate of drug-likeness (QED) is 0.328. The molecule has 1 unspecified atom stereocenters. The van der Waals surface area contributed by atoms with Gasteiger partial charge in [0.25, 0.3) is 5.56 Å². The van der Waals surface area contributed by atoms with E-state index in [1.807, 2.05) is 22.9 Å². The van der Waals surface area contributed by atoms with Crippen LogP contribution in [0.15, 0.2) is 45.5 Å². The maximum absolute atomic E-state index is 13.2. The van der Waals surface area contributed by atoms with E-state index in [2.05, 4.69) is 6.58 Å². The zero-order chi connectivity index (χ0) is 17.9. The van der Waals surface area contributed by atoms with Crippen LogP contribution in [0.5, 0.6) is 0 Å². The Bertz CT molecular complexity index is 953. The number of thiophene rings is 2. The molecule has 136 valence electrons. The average molecular weight is 405 g/mol. The number of ether oxygens (including phenoxy) is 1. The van der Waals surface area contributed by atoms with Crippen molar-refractivity contribution in [1.29, 1.82) is 0 Å². The van der Waals surface area contributed by atoms with E-state index in [9.17, 15) is 4.79 Å². The monoisotopic (exact) mass is 404 g/mol. The van der Waals surface area contributed by atoms with E-state index in [1.165, 1.54) is 6.42 Å². The van der Waals surface area contributed by atoms with Crippen molar-refractivity contribution in [2.24, 2.45) is 0 Å². The molecule has 1 aliphatic heterocycles. The second-order valence-electron chi connectivity index (χ2n) is 6.21. The van der Waals surface area contributed by atoms with Gasteiger partial charge < -0.3 is 4.74 Å². The van der Waals surface area contributed by atoms with Gasteiger partial charge in [0.15, 0.2) is 5.16 Å². The Hall–Kier alpha value is -1.41. The summed E-state index contributed by atoms with van der Waals surface area (Å²) in [6.07, 6.45) is 5.46. The molecule has 4 heterocycles. The zero-order valence-electron chi connectivity index (χ0n) is 14.3. The largest absolute Gasteiger partial charge is 0.377 e. The summed E-state index contributed by atoms with van der Waals surface area (Å²) in [5, 5.41) is 5.55. The standard InChI is InChI=1S/C19H20N2O2S3/c1-2-8-21-18(22)16-14(15-7-5-10-24-15)12-25-17(16)20-19(21)26-11-13-6-3-4-9-23-13/h2,5,7,10,12-13H,1,3-4,6,8-9,11H2. The number of fused-ring (bicyclic) bond motifs is 1. The number of hydrogen-bond acceptors (Lipinski definition) is 6. The van der Waals surface area contributed by atoms with Crippen LogP contribution in [0.3, 0.4) is 0 Å². The Morgan fingerprint density at radius 2 is 2.35 bits per heavy atom. The van der Waals surface area contributed by atoms with Gasteiger partial charge in [-0.15, -0.1) is 29.3 Å². The Balaban J connectivity index is 1.72. The van der Waals surface area contributed by atoms with Gasteiger partial charge in [-0.1, -0.05) is 23.9 Å². The Labute approximate surface area is 164 Å². The van der Waals surface area contributed by atoms with Crippen LogP contribution < -0.4 is 5.56 Å². The molecular formula is C19H20N2O2S3. The Kier molecular flexibility index (Phi) is 5.59. The van der Waals surface area contributed by atoms with Crippen LogP contribution in [0.4, 0.5) is 0 Å². The van der Waals surface area contributed by atoms with Crippen LogP contribution in [-0.4, -0.2) is 28.0 Å². The molecule has 0 N–H and O–H groups in total. The van der Waals surface area contributed by atoms with Crippen LogP contribution in [-0.2, 0) is 11.3 Å². The van der Waals surface area contributed by atoms with Crippen LogP contribution in [0.2, 0.25) is 0 Å². The topological polar surface area (TPSA) is 44.1 Å². The second-order valence-corrected chi connectivity index (χ2v) is 9.00. The minimum Gasteiger partial charge on any atom is -0.377 e. The Morgan fingerprint density at radius 1 is 1.42 bits per heavy atom. The van der Waals surface area contributed by atoms with Crippen molar-refractivity contribution >= 4 is 44.7 Å². The van der Waals surface area contributed by atoms with Gasteiger partial charge in [-0.05, 0) is 30.7 Å². The zero-order valence-corrected chi connectivity index (χ0v) is 16.8. The number of thioether (sulfide) groups is 1. The lowest BCUT2D eigenvalue weighted by Gasteiger charge is -2.22. The molecule has 0 radical (unpaired) electrons. The summed E-state index contributed by atoms with van der Waals surface area (Å²) in [5.41, 5.74) is 1.01. The fourth-order valence-corrected chi connectivity index (χ4v) is 6.00. The van der Waals surface area contributed by atoms with Gasteiger partial charge in [0.1, 0.15) is 4.83 Å². The van der Waals surface area contributed by atoms with E-state index < -0.39 is 0 Å². The van der Waals surface area contributed by atoms with E-state index in [0.717, 1.165) is 51.0 Å². The third-order valence-corrected chi connectivity index (χ3v) is 7.31. The third-order valence-electron chi connectivity index (χ3n) is 4.43. The maximum atomic E-state index is 13.2. The lowest BCUT2D eigenvalue weighted by molar-refractivity contribution is 0.0315. The molecule has 7 heteroatoms. The van der Waals surface area contributed by atoms with Crippen LogP contribution >= 0.6 is 34.4 Å². The minimum atomic E-state index is 0.0200. The first-order valence-electron chi connectivity index (χ1n) is 8.69. The van der Waals surface area contributed by atoms with Gasteiger partial charge >= 0.3 is 0 Å². The van der Waals surface area contributed by atoms with Crippen molar-refractivity contribution in [1.82, 2.24) is 9.55 Å². The molecule has 4 nitrogen and oxygen atoms in total. The predicted octanol–water partition coefficient (Wildman–Crippen LogP) is 5.03. The molecule has 0 spiro atoms. The van der Waals surface area contributed by atoms with Crippen molar-refractivity contribution in [3.8, 4) is 10.4 Å². The van der Waals surface area contributed by atoms with Gasteiger partial charge in [0.2, 0.25) is 0 Å². The van der Waals surface area contributed by atoms with Gasteiger partial charge in [-0.2, -0.15) is 0 Å². The highest BCUT2D eigenvalue weighted by Gasteiger charge is 2.19. The fourth-order valence-electron chi connectivity index (χ4n) is 3.13. The molecular weight excluding hydrogens is 384 g/mol. The molecule has 26 heavy (non-hydrogen) atoms. The molecule has 3 aromatic heterocycles. The van der Waals surface area contributed by atoms with Gasteiger partial charge in [-0.25, -0.2) is 4.98 Å². The molecule has 3 aromatic rings. The highest BCUT2D eigenvalue weighted by atomic mass is 32.2. The maximum Gasteiger partial charge on any atom is 0.263 e. The SMILES string of the molecule is C=CCn1c(SCC2CCCCO2)nc2scc(-c3cccs3)c2c1=O. The smallest absolute Gasteiger partial charge is 0.263 e. The first-order valence-corrected chi connectivity index (χ1v) is 11.4. The predicted molar refractivity (Wildman–Crippen MR) is 112 cm³/mol. The number of hydrogen-bond donors (Lipinski definition) is 0. The summed E-state index contributed by atoms with van der Waals surface area (Å²) < 4.78 is 7.56. The normalized spacial score (nSPS) is 17.6. The van der Waals surface area contributed by atoms with E-state index in [-0.39, 0.29) is 11.7 Å². The first-order chi connectivity index (χ1) is 12.8. The fraction of sp³-hybridized carbons (Fsp3) is 0.368. The van der Waals surface area contributed by atoms with Gasteiger partial charge in [0, 0.05) is 34.7 Å². The highest BCUT2D eigenvalue weighted by molar-refractivity contribution is 7.99.